The van der Waals surface area contributed by atoms with Crippen LogP contribution in [-0.2, 0) is 11.3 Å². The van der Waals surface area contributed by atoms with E-state index in [9.17, 15) is 9.90 Å². The van der Waals surface area contributed by atoms with Gasteiger partial charge in [0.1, 0.15) is 6.61 Å². The lowest BCUT2D eigenvalue weighted by Crippen LogP contribution is -2.32. The molecule has 1 unspecified atom stereocenters. The predicted octanol–water partition coefficient (Wildman–Crippen LogP) is 1.90. The van der Waals surface area contributed by atoms with Crippen molar-refractivity contribution in [2.75, 3.05) is 6.54 Å². The van der Waals surface area contributed by atoms with Crippen molar-refractivity contribution in [3.63, 3.8) is 0 Å². The lowest BCUT2D eigenvalue weighted by molar-refractivity contribution is 0.100. The smallest absolute Gasteiger partial charge is 0.414 e. The zero-order valence-electron chi connectivity index (χ0n) is 9.45. The van der Waals surface area contributed by atoms with Crippen LogP contribution >= 0.6 is 0 Å². The Balaban J connectivity index is 1.84. The summed E-state index contributed by atoms with van der Waals surface area (Å²) in [6, 6.07) is 9.53. The number of carbonyl (C=O) groups is 1. The summed E-state index contributed by atoms with van der Waals surface area (Å²) in [6.07, 6.45) is 2.89. The van der Waals surface area contributed by atoms with Crippen molar-refractivity contribution in [3.05, 3.63) is 48.2 Å². The maximum Gasteiger partial charge on any atom is 0.414 e. The maximum absolute atomic E-state index is 11.6. The minimum Gasteiger partial charge on any atom is -0.444 e. The van der Waals surface area contributed by atoms with Crippen LogP contribution in [0.25, 0.3) is 0 Å². The predicted molar refractivity (Wildman–Crippen MR) is 63.1 cm³/mol. The molecule has 0 aliphatic carbocycles. The molecule has 1 aliphatic rings. The Morgan fingerprint density at radius 1 is 1.41 bits per heavy atom. The molecule has 90 valence electrons. The molecule has 2 rings (SSSR count). The molecule has 0 saturated carbocycles. The summed E-state index contributed by atoms with van der Waals surface area (Å²) >= 11 is 0. The van der Waals surface area contributed by atoms with Gasteiger partial charge in [-0.05, 0) is 18.1 Å². The first-order valence-corrected chi connectivity index (χ1v) is 5.59. The van der Waals surface area contributed by atoms with Crippen LogP contribution in [0.5, 0.6) is 0 Å². The van der Waals surface area contributed by atoms with Crippen LogP contribution < -0.4 is 0 Å². The SMILES string of the molecule is O=C(OCc1ccccc1)N1C=CC(O)CC1. The van der Waals surface area contributed by atoms with Gasteiger partial charge in [0.25, 0.3) is 0 Å². The molecule has 1 aromatic carbocycles. The van der Waals surface area contributed by atoms with Crippen LogP contribution in [0, 0.1) is 0 Å². The normalized spacial score (nSPS) is 19.1. The average Bonchev–Trinajstić information content (AvgIpc) is 2.38. The molecular weight excluding hydrogens is 218 g/mol. The van der Waals surface area contributed by atoms with E-state index in [1.54, 1.807) is 12.3 Å². The third-order valence-electron chi connectivity index (χ3n) is 2.59. The molecule has 1 heterocycles. The van der Waals surface area contributed by atoms with E-state index in [4.69, 9.17) is 4.74 Å². The molecule has 17 heavy (non-hydrogen) atoms. The van der Waals surface area contributed by atoms with Gasteiger partial charge in [0.05, 0.1) is 6.10 Å². The number of carbonyl (C=O) groups excluding carboxylic acids is 1. The second-order valence-corrected chi connectivity index (χ2v) is 3.93. The van der Waals surface area contributed by atoms with Crippen LogP contribution in [0.1, 0.15) is 12.0 Å². The quantitative estimate of drug-likeness (QED) is 0.848. The van der Waals surface area contributed by atoms with E-state index in [0.717, 1.165) is 5.56 Å². The van der Waals surface area contributed by atoms with E-state index in [-0.39, 0.29) is 12.7 Å². The highest BCUT2D eigenvalue weighted by atomic mass is 16.6. The van der Waals surface area contributed by atoms with Gasteiger partial charge in [-0.1, -0.05) is 30.3 Å². The first-order valence-electron chi connectivity index (χ1n) is 5.59. The van der Waals surface area contributed by atoms with Gasteiger partial charge in [0.15, 0.2) is 0 Å². The van der Waals surface area contributed by atoms with E-state index in [1.165, 1.54) is 4.90 Å². The Kier molecular flexibility index (Phi) is 3.77. The summed E-state index contributed by atoms with van der Waals surface area (Å²) in [5, 5.41) is 9.25. The van der Waals surface area contributed by atoms with Crippen molar-refractivity contribution < 1.29 is 14.6 Å². The number of benzene rings is 1. The zero-order chi connectivity index (χ0) is 12.1. The molecule has 0 spiro atoms. The Morgan fingerprint density at radius 3 is 2.82 bits per heavy atom. The maximum atomic E-state index is 11.6. The summed E-state index contributed by atoms with van der Waals surface area (Å²) in [7, 11) is 0. The topological polar surface area (TPSA) is 49.8 Å². The molecule has 4 heteroatoms. The van der Waals surface area contributed by atoms with Gasteiger partial charge in [0, 0.05) is 12.7 Å². The number of nitrogens with zero attached hydrogens (tertiary/aromatic N) is 1. The summed E-state index contributed by atoms with van der Waals surface area (Å²) < 4.78 is 5.16. The monoisotopic (exact) mass is 233 g/mol. The Labute approximate surface area is 100 Å². The van der Waals surface area contributed by atoms with Crippen LogP contribution in [0.15, 0.2) is 42.6 Å². The molecule has 1 N–H and O–H groups in total. The van der Waals surface area contributed by atoms with Crippen LogP contribution in [0.4, 0.5) is 4.79 Å². The van der Waals surface area contributed by atoms with Gasteiger partial charge >= 0.3 is 6.09 Å². The second-order valence-electron chi connectivity index (χ2n) is 3.93. The molecular formula is C13H15NO3. The Bertz CT molecular complexity index is 402. The number of ether oxygens (including phenoxy) is 1. The molecule has 0 aromatic heterocycles. The highest BCUT2D eigenvalue weighted by Gasteiger charge is 2.17. The van der Waals surface area contributed by atoms with Crippen LogP contribution in [-0.4, -0.2) is 28.7 Å². The average molecular weight is 233 g/mol. The third kappa shape index (κ3) is 3.32. The number of aliphatic hydroxyl groups is 1. The van der Waals surface area contributed by atoms with Crippen molar-refractivity contribution in [1.29, 1.82) is 0 Å². The first-order chi connectivity index (χ1) is 8.25. The van der Waals surface area contributed by atoms with E-state index in [2.05, 4.69) is 0 Å². The van der Waals surface area contributed by atoms with Gasteiger partial charge in [-0.2, -0.15) is 0 Å². The number of hydrogen-bond donors (Lipinski definition) is 1. The lowest BCUT2D eigenvalue weighted by Gasteiger charge is -2.23. The van der Waals surface area contributed by atoms with Gasteiger partial charge < -0.3 is 9.84 Å². The second kappa shape index (κ2) is 5.50. The Morgan fingerprint density at radius 2 is 2.18 bits per heavy atom. The molecule has 0 radical (unpaired) electrons. The van der Waals surface area contributed by atoms with E-state index in [0.29, 0.717) is 13.0 Å². The summed E-state index contributed by atoms with van der Waals surface area (Å²) in [5.41, 5.74) is 0.960. The fraction of sp³-hybridized carbons (Fsp3) is 0.308. The largest absolute Gasteiger partial charge is 0.444 e. The van der Waals surface area contributed by atoms with Gasteiger partial charge in [0.2, 0.25) is 0 Å². The molecule has 1 aromatic rings. The van der Waals surface area contributed by atoms with Crippen molar-refractivity contribution in [3.8, 4) is 0 Å². The van der Waals surface area contributed by atoms with Crippen LogP contribution in [0.2, 0.25) is 0 Å². The molecule has 0 bridgehead atoms. The third-order valence-corrected chi connectivity index (χ3v) is 2.59. The first kappa shape index (κ1) is 11.7. The fourth-order valence-corrected chi connectivity index (χ4v) is 1.60. The fourth-order valence-electron chi connectivity index (χ4n) is 1.60. The van der Waals surface area contributed by atoms with Crippen molar-refractivity contribution >= 4 is 6.09 Å². The minimum atomic E-state index is -0.451. The highest BCUT2D eigenvalue weighted by Crippen LogP contribution is 2.09. The lowest BCUT2D eigenvalue weighted by atomic mass is 10.2. The van der Waals surface area contributed by atoms with Crippen molar-refractivity contribution in [2.24, 2.45) is 0 Å². The van der Waals surface area contributed by atoms with Gasteiger partial charge in [-0.3, -0.25) is 4.90 Å². The van der Waals surface area contributed by atoms with Crippen molar-refractivity contribution in [1.82, 2.24) is 4.90 Å². The summed E-state index contributed by atoms with van der Waals surface area (Å²) in [6.45, 7) is 0.762. The molecule has 0 fully saturated rings. The molecule has 1 atom stereocenters. The summed E-state index contributed by atoms with van der Waals surface area (Å²) in [5.74, 6) is 0. The summed E-state index contributed by atoms with van der Waals surface area (Å²) in [4.78, 5) is 13.1. The number of hydrogen-bond acceptors (Lipinski definition) is 3. The van der Waals surface area contributed by atoms with Crippen LogP contribution in [0.3, 0.4) is 0 Å². The number of aliphatic hydroxyl groups excluding tert-OH is 1. The number of amides is 1. The van der Waals surface area contributed by atoms with E-state index in [1.807, 2.05) is 30.3 Å². The Hall–Kier alpha value is -1.81. The minimum absolute atomic E-state index is 0.270. The highest BCUT2D eigenvalue weighted by molar-refractivity contribution is 5.69. The molecule has 0 saturated heterocycles. The van der Waals surface area contributed by atoms with Gasteiger partial charge in [-0.15, -0.1) is 0 Å². The molecule has 4 nitrogen and oxygen atoms in total. The molecule has 1 aliphatic heterocycles. The zero-order valence-corrected chi connectivity index (χ0v) is 9.45. The number of rotatable bonds is 2. The van der Waals surface area contributed by atoms with E-state index < -0.39 is 6.10 Å². The van der Waals surface area contributed by atoms with E-state index >= 15 is 0 Å². The molecule has 1 amide bonds. The standard InChI is InChI=1S/C13H15NO3/c15-12-6-8-14(9-7-12)13(16)17-10-11-4-2-1-3-5-11/h1-6,8,12,15H,7,9-10H2. The van der Waals surface area contributed by atoms with Gasteiger partial charge in [-0.25, -0.2) is 4.79 Å². The van der Waals surface area contributed by atoms with Crippen molar-refractivity contribution in [2.45, 2.75) is 19.1 Å².